The molecule has 2 atom stereocenters. The summed E-state index contributed by atoms with van der Waals surface area (Å²) in [5.41, 5.74) is 0. The molecular formula is C14H25F3N2O. The van der Waals surface area contributed by atoms with E-state index in [-0.39, 0.29) is 6.04 Å². The summed E-state index contributed by atoms with van der Waals surface area (Å²) >= 11 is 0. The Bertz CT molecular complexity index is 316. The maximum absolute atomic E-state index is 12.7. The minimum atomic E-state index is -4.35. The second-order valence-electron chi connectivity index (χ2n) is 5.69. The maximum Gasteiger partial charge on any atom is 0.406 e. The Morgan fingerprint density at radius 2 is 1.95 bits per heavy atom. The average molecular weight is 294 g/mol. The number of nitrogens with one attached hydrogen (secondary N) is 1. The molecule has 0 aliphatic carbocycles. The molecule has 0 aromatic heterocycles. The van der Waals surface area contributed by atoms with Gasteiger partial charge in [0.25, 0.3) is 0 Å². The lowest BCUT2D eigenvalue weighted by Gasteiger charge is -2.36. The Morgan fingerprint density at radius 3 is 2.40 bits per heavy atom. The van der Waals surface area contributed by atoms with E-state index in [1.807, 2.05) is 20.8 Å². The second-order valence-corrected chi connectivity index (χ2v) is 5.69. The van der Waals surface area contributed by atoms with Crippen LogP contribution in [0.2, 0.25) is 0 Å². The number of hydrogen-bond donors (Lipinski definition) is 1. The van der Waals surface area contributed by atoms with Crippen LogP contribution in [0.15, 0.2) is 0 Å². The summed E-state index contributed by atoms with van der Waals surface area (Å²) in [4.78, 5) is 13.5. The fourth-order valence-corrected chi connectivity index (χ4v) is 2.81. The van der Waals surface area contributed by atoms with Crippen LogP contribution in [0.5, 0.6) is 0 Å². The lowest BCUT2D eigenvalue weighted by atomic mass is 9.93. The van der Waals surface area contributed by atoms with E-state index < -0.39 is 24.7 Å². The van der Waals surface area contributed by atoms with Gasteiger partial charge in [0.1, 0.15) is 6.54 Å². The molecule has 0 aromatic carbocycles. The molecule has 2 unspecified atom stereocenters. The Kier molecular flexibility index (Phi) is 6.30. The minimum absolute atomic E-state index is 0.344. The first-order chi connectivity index (χ1) is 9.28. The Morgan fingerprint density at radius 1 is 1.35 bits per heavy atom. The van der Waals surface area contributed by atoms with E-state index >= 15 is 0 Å². The quantitative estimate of drug-likeness (QED) is 0.845. The SMILES string of the molecule is CCC(CC)N(CC(F)(F)F)C(=O)C1CC(C)CCN1. The molecule has 1 rings (SSSR count). The number of alkyl halides is 3. The molecule has 1 heterocycles. The van der Waals surface area contributed by atoms with Crippen molar-refractivity contribution in [1.29, 1.82) is 0 Å². The monoisotopic (exact) mass is 294 g/mol. The fraction of sp³-hybridized carbons (Fsp3) is 0.929. The van der Waals surface area contributed by atoms with E-state index in [2.05, 4.69) is 5.32 Å². The fourth-order valence-electron chi connectivity index (χ4n) is 2.81. The van der Waals surface area contributed by atoms with Gasteiger partial charge in [-0.1, -0.05) is 20.8 Å². The smallest absolute Gasteiger partial charge is 0.329 e. The molecule has 118 valence electrons. The van der Waals surface area contributed by atoms with Crippen molar-refractivity contribution in [2.75, 3.05) is 13.1 Å². The summed E-state index contributed by atoms with van der Waals surface area (Å²) in [6.07, 6.45) is -1.68. The number of halogens is 3. The molecule has 20 heavy (non-hydrogen) atoms. The van der Waals surface area contributed by atoms with Gasteiger partial charge in [0.2, 0.25) is 5.91 Å². The number of rotatable bonds is 5. The van der Waals surface area contributed by atoms with Gasteiger partial charge in [0.05, 0.1) is 6.04 Å². The van der Waals surface area contributed by atoms with Crippen LogP contribution in [0.3, 0.4) is 0 Å². The van der Waals surface area contributed by atoms with Crippen molar-refractivity contribution >= 4 is 5.91 Å². The first-order valence-corrected chi connectivity index (χ1v) is 7.39. The maximum atomic E-state index is 12.7. The highest BCUT2D eigenvalue weighted by molar-refractivity contribution is 5.82. The predicted octanol–water partition coefficient (Wildman–Crippen LogP) is 2.95. The van der Waals surface area contributed by atoms with Crippen molar-refractivity contribution < 1.29 is 18.0 Å². The first kappa shape index (κ1) is 17.3. The molecule has 1 N–H and O–H groups in total. The summed E-state index contributed by atoms with van der Waals surface area (Å²) < 4.78 is 38.2. The summed E-state index contributed by atoms with van der Waals surface area (Å²) in [5, 5.41) is 3.06. The number of amides is 1. The number of carbonyl (C=O) groups excluding carboxylic acids is 1. The molecule has 1 amide bonds. The van der Waals surface area contributed by atoms with E-state index in [0.717, 1.165) is 11.3 Å². The second kappa shape index (κ2) is 7.29. The van der Waals surface area contributed by atoms with E-state index in [0.29, 0.717) is 31.7 Å². The Labute approximate surface area is 118 Å². The number of hydrogen-bond acceptors (Lipinski definition) is 2. The lowest BCUT2D eigenvalue weighted by Crippen LogP contribution is -2.55. The van der Waals surface area contributed by atoms with Crippen LogP contribution in [0.25, 0.3) is 0 Å². The van der Waals surface area contributed by atoms with Gasteiger partial charge in [-0.25, -0.2) is 0 Å². The third-order valence-electron chi connectivity index (χ3n) is 3.98. The highest BCUT2D eigenvalue weighted by atomic mass is 19.4. The Hall–Kier alpha value is -0.780. The zero-order chi connectivity index (χ0) is 15.3. The van der Waals surface area contributed by atoms with E-state index in [4.69, 9.17) is 0 Å². The molecule has 0 aromatic rings. The lowest BCUT2D eigenvalue weighted by molar-refractivity contribution is -0.168. The number of piperidine rings is 1. The third kappa shape index (κ3) is 4.96. The van der Waals surface area contributed by atoms with Gasteiger partial charge < -0.3 is 10.2 Å². The average Bonchev–Trinajstić information content (AvgIpc) is 2.36. The van der Waals surface area contributed by atoms with Crippen LogP contribution in [-0.4, -0.2) is 42.2 Å². The number of carbonyl (C=O) groups is 1. The van der Waals surface area contributed by atoms with Crippen molar-refractivity contribution in [1.82, 2.24) is 10.2 Å². The van der Waals surface area contributed by atoms with Crippen LogP contribution in [-0.2, 0) is 4.79 Å². The highest BCUT2D eigenvalue weighted by Gasteiger charge is 2.38. The third-order valence-corrected chi connectivity index (χ3v) is 3.98. The van der Waals surface area contributed by atoms with Crippen LogP contribution >= 0.6 is 0 Å². The van der Waals surface area contributed by atoms with Crippen LogP contribution in [0.4, 0.5) is 13.2 Å². The van der Waals surface area contributed by atoms with Crippen molar-refractivity contribution in [3.63, 3.8) is 0 Å². The largest absolute Gasteiger partial charge is 0.406 e. The van der Waals surface area contributed by atoms with E-state index in [1.165, 1.54) is 0 Å². The molecule has 1 fully saturated rings. The van der Waals surface area contributed by atoms with Crippen LogP contribution < -0.4 is 5.32 Å². The molecule has 0 spiro atoms. The summed E-state index contributed by atoms with van der Waals surface area (Å²) in [5.74, 6) is -0.0257. The van der Waals surface area contributed by atoms with E-state index in [1.54, 1.807) is 0 Å². The van der Waals surface area contributed by atoms with Crippen LogP contribution in [0, 0.1) is 5.92 Å². The normalized spacial score (nSPS) is 23.9. The predicted molar refractivity (Wildman–Crippen MR) is 72.3 cm³/mol. The van der Waals surface area contributed by atoms with Crippen molar-refractivity contribution in [2.24, 2.45) is 5.92 Å². The Balaban J connectivity index is 2.82. The van der Waals surface area contributed by atoms with Gasteiger partial charge in [0, 0.05) is 6.04 Å². The first-order valence-electron chi connectivity index (χ1n) is 7.39. The summed E-state index contributed by atoms with van der Waals surface area (Å²) in [6.45, 7) is 5.22. The number of nitrogens with zero attached hydrogens (tertiary/aromatic N) is 1. The molecule has 0 bridgehead atoms. The van der Waals surface area contributed by atoms with E-state index in [9.17, 15) is 18.0 Å². The van der Waals surface area contributed by atoms with Gasteiger partial charge in [-0.05, 0) is 38.1 Å². The van der Waals surface area contributed by atoms with Gasteiger partial charge in [-0.15, -0.1) is 0 Å². The molecule has 1 aliphatic heterocycles. The van der Waals surface area contributed by atoms with Crippen LogP contribution in [0.1, 0.15) is 46.5 Å². The van der Waals surface area contributed by atoms with Crippen molar-refractivity contribution in [2.45, 2.75) is 64.7 Å². The summed E-state index contributed by atoms with van der Waals surface area (Å²) in [6, 6.07) is -0.815. The van der Waals surface area contributed by atoms with Gasteiger partial charge in [0.15, 0.2) is 0 Å². The topological polar surface area (TPSA) is 32.3 Å². The molecule has 0 saturated carbocycles. The molecular weight excluding hydrogens is 269 g/mol. The molecule has 6 heteroatoms. The summed E-state index contributed by atoms with van der Waals surface area (Å²) in [7, 11) is 0. The van der Waals surface area contributed by atoms with Gasteiger partial charge >= 0.3 is 6.18 Å². The van der Waals surface area contributed by atoms with Gasteiger partial charge in [-0.2, -0.15) is 13.2 Å². The van der Waals surface area contributed by atoms with Crippen molar-refractivity contribution in [3.05, 3.63) is 0 Å². The van der Waals surface area contributed by atoms with Crippen molar-refractivity contribution in [3.8, 4) is 0 Å². The molecule has 1 saturated heterocycles. The van der Waals surface area contributed by atoms with Gasteiger partial charge in [-0.3, -0.25) is 4.79 Å². The minimum Gasteiger partial charge on any atom is -0.329 e. The zero-order valence-electron chi connectivity index (χ0n) is 12.5. The molecule has 3 nitrogen and oxygen atoms in total. The standard InChI is InChI=1S/C14H25F3N2O/c1-4-11(5-2)19(9-14(15,16)17)13(20)12-8-10(3)6-7-18-12/h10-12,18H,4-9H2,1-3H3. The molecule has 0 radical (unpaired) electrons. The highest BCUT2D eigenvalue weighted by Crippen LogP contribution is 2.23. The zero-order valence-corrected chi connectivity index (χ0v) is 12.5. The molecule has 1 aliphatic rings.